The summed E-state index contributed by atoms with van der Waals surface area (Å²) in [4.78, 5) is 8.54. The zero-order chi connectivity index (χ0) is 18.4. The van der Waals surface area contributed by atoms with Crippen molar-refractivity contribution in [2.24, 2.45) is 0 Å². The number of rotatable bonds is 3. The Kier molecular flexibility index (Phi) is 3.61. The van der Waals surface area contributed by atoms with Crippen LogP contribution in [0.1, 0.15) is 22.5 Å². The Morgan fingerprint density at radius 2 is 1.96 bits per heavy atom. The molecule has 0 bridgehead atoms. The molecule has 26 heavy (non-hydrogen) atoms. The minimum absolute atomic E-state index is 0.114. The third-order valence-electron chi connectivity index (χ3n) is 4.21. The number of halogens is 1. The molecule has 4 aromatic rings. The predicted molar refractivity (Wildman–Crippen MR) is 96.0 cm³/mol. The Morgan fingerprint density at radius 3 is 2.65 bits per heavy atom. The number of nitrogens with zero attached hydrogens (tertiary/aromatic N) is 4. The molecular formula is C18H17FN6O. The topological polar surface area (TPSA) is 108 Å². The van der Waals surface area contributed by atoms with Crippen LogP contribution in [-0.4, -0.2) is 19.6 Å². The molecule has 0 fully saturated rings. The van der Waals surface area contributed by atoms with Gasteiger partial charge >= 0.3 is 0 Å². The minimum Gasteiger partial charge on any atom is -0.458 e. The molecule has 4 rings (SSSR count). The van der Waals surface area contributed by atoms with Crippen LogP contribution >= 0.6 is 0 Å². The number of fused-ring (bicyclic) bond motifs is 1. The first-order valence-corrected chi connectivity index (χ1v) is 8.04. The standard InChI is InChI=1S/C18H17FN6O/c1-9-5-11(7-13(19)15(9)20)6-12-8-22-25-16(12)23-18(21)24-17(25)14-4-3-10(2)26-14/h3-5,7-8H,6,20H2,1-2H3,(H2,21,23). The second-order valence-electron chi connectivity index (χ2n) is 6.21. The molecule has 132 valence electrons. The van der Waals surface area contributed by atoms with Crippen LogP contribution in [0.3, 0.4) is 0 Å². The largest absolute Gasteiger partial charge is 0.458 e. The molecule has 0 saturated carbocycles. The normalized spacial score (nSPS) is 11.3. The van der Waals surface area contributed by atoms with E-state index in [1.54, 1.807) is 23.7 Å². The van der Waals surface area contributed by atoms with Crippen LogP contribution in [0.5, 0.6) is 0 Å². The minimum atomic E-state index is -0.433. The SMILES string of the molecule is Cc1ccc(-c2nc(N)nc3c(Cc4cc(C)c(N)c(F)c4)cnn23)o1. The van der Waals surface area contributed by atoms with Gasteiger partial charge in [0, 0.05) is 12.0 Å². The molecular weight excluding hydrogens is 335 g/mol. The molecule has 1 aromatic carbocycles. The lowest BCUT2D eigenvalue weighted by molar-refractivity contribution is 0.541. The molecule has 0 amide bonds. The summed E-state index contributed by atoms with van der Waals surface area (Å²) in [5, 5.41) is 4.36. The van der Waals surface area contributed by atoms with Gasteiger partial charge in [0.1, 0.15) is 11.6 Å². The molecule has 0 unspecified atom stereocenters. The van der Waals surface area contributed by atoms with Crippen LogP contribution in [0.4, 0.5) is 16.0 Å². The van der Waals surface area contributed by atoms with Gasteiger partial charge in [-0.3, -0.25) is 0 Å². The monoisotopic (exact) mass is 352 g/mol. The summed E-state index contributed by atoms with van der Waals surface area (Å²) in [6, 6.07) is 6.91. The summed E-state index contributed by atoms with van der Waals surface area (Å²) in [7, 11) is 0. The molecule has 3 heterocycles. The lowest BCUT2D eigenvalue weighted by atomic mass is 10.0. The Hall–Kier alpha value is -3.42. The van der Waals surface area contributed by atoms with E-state index >= 15 is 0 Å². The zero-order valence-electron chi connectivity index (χ0n) is 14.3. The maximum atomic E-state index is 13.9. The van der Waals surface area contributed by atoms with E-state index in [-0.39, 0.29) is 11.6 Å². The predicted octanol–water partition coefficient (Wildman–Crippen LogP) is 2.90. The van der Waals surface area contributed by atoms with Gasteiger partial charge in [-0.05, 0) is 43.2 Å². The molecule has 8 heteroatoms. The molecule has 7 nitrogen and oxygen atoms in total. The first-order valence-electron chi connectivity index (χ1n) is 8.04. The second-order valence-corrected chi connectivity index (χ2v) is 6.21. The van der Waals surface area contributed by atoms with E-state index in [1.165, 1.54) is 6.07 Å². The molecule has 0 atom stereocenters. The van der Waals surface area contributed by atoms with E-state index in [0.717, 1.165) is 16.9 Å². The van der Waals surface area contributed by atoms with Crippen molar-refractivity contribution in [3.8, 4) is 11.6 Å². The van der Waals surface area contributed by atoms with Gasteiger partial charge in [-0.25, -0.2) is 4.39 Å². The number of aryl methyl sites for hydroxylation is 2. The Morgan fingerprint density at radius 1 is 1.15 bits per heavy atom. The number of anilines is 2. The van der Waals surface area contributed by atoms with Crippen molar-refractivity contribution in [3.05, 3.63) is 58.7 Å². The van der Waals surface area contributed by atoms with Crippen LogP contribution < -0.4 is 11.5 Å². The number of nitrogen functional groups attached to an aromatic ring is 2. The zero-order valence-corrected chi connectivity index (χ0v) is 14.3. The van der Waals surface area contributed by atoms with Gasteiger partial charge in [0.05, 0.1) is 11.9 Å². The fourth-order valence-electron chi connectivity index (χ4n) is 2.93. The molecule has 0 aliphatic carbocycles. The molecule has 3 aromatic heterocycles. The number of aromatic nitrogens is 4. The van der Waals surface area contributed by atoms with Crippen LogP contribution in [0.2, 0.25) is 0 Å². The van der Waals surface area contributed by atoms with Crippen LogP contribution in [0.15, 0.2) is 34.9 Å². The number of hydrogen-bond donors (Lipinski definition) is 2. The fourth-order valence-corrected chi connectivity index (χ4v) is 2.93. The summed E-state index contributed by atoms with van der Waals surface area (Å²) in [6.45, 7) is 3.62. The van der Waals surface area contributed by atoms with Crippen LogP contribution in [-0.2, 0) is 6.42 Å². The third-order valence-corrected chi connectivity index (χ3v) is 4.21. The second kappa shape index (κ2) is 5.83. The van der Waals surface area contributed by atoms with E-state index in [4.69, 9.17) is 15.9 Å². The summed E-state index contributed by atoms with van der Waals surface area (Å²) in [6.07, 6.45) is 2.11. The summed E-state index contributed by atoms with van der Waals surface area (Å²) < 4.78 is 21.1. The fraction of sp³-hybridized carbons (Fsp3) is 0.167. The number of nitrogens with two attached hydrogens (primary N) is 2. The van der Waals surface area contributed by atoms with E-state index in [0.29, 0.717) is 29.2 Å². The van der Waals surface area contributed by atoms with Crippen molar-refractivity contribution in [1.29, 1.82) is 0 Å². The van der Waals surface area contributed by atoms with E-state index in [2.05, 4.69) is 15.1 Å². The average Bonchev–Trinajstić information content (AvgIpc) is 3.19. The molecule has 0 aliphatic heterocycles. The highest BCUT2D eigenvalue weighted by atomic mass is 19.1. The highest BCUT2D eigenvalue weighted by molar-refractivity contribution is 5.60. The number of furan rings is 1. The maximum absolute atomic E-state index is 13.9. The lowest BCUT2D eigenvalue weighted by Gasteiger charge is -2.07. The molecule has 0 aliphatic rings. The van der Waals surface area contributed by atoms with Crippen molar-refractivity contribution < 1.29 is 8.81 Å². The van der Waals surface area contributed by atoms with E-state index < -0.39 is 5.82 Å². The Labute approximate surface area is 148 Å². The van der Waals surface area contributed by atoms with E-state index in [9.17, 15) is 4.39 Å². The quantitative estimate of drug-likeness (QED) is 0.549. The van der Waals surface area contributed by atoms with Crippen molar-refractivity contribution in [2.75, 3.05) is 11.5 Å². The molecule has 0 radical (unpaired) electrons. The smallest absolute Gasteiger partial charge is 0.224 e. The molecule has 4 N–H and O–H groups in total. The Bertz CT molecular complexity index is 1110. The van der Waals surface area contributed by atoms with Gasteiger partial charge in [-0.15, -0.1) is 0 Å². The van der Waals surface area contributed by atoms with Gasteiger partial charge in [0.25, 0.3) is 0 Å². The van der Waals surface area contributed by atoms with Crippen LogP contribution in [0.25, 0.3) is 17.2 Å². The third kappa shape index (κ3) is 2.65. The van der Waals surface area contributed by atoms with Crippen molar-refractivity contribution in [1.82, 2.24) is 19.6 Å². The van der Waals surface area contributed by atoms with Gasteiger partial charge in [-0.2, -0.15) is 19.6 Å². The van der Waals surface area contributed by atoms with Gasteiger partial charge < -0.3 is 15.9 Å². The van der Waals surface area contributed by atoms with E-state index in [1.807, 2.05) is 19.1 Å². The average molecular weight is 352 g/mol. The highest BCUT2D eigenvalue weighted by Crippen LogP contribution is 2.25. The lowest BCUT2D eigenvalue weighted by Crippen LogP contribution is -2.05. The van der Waals surface area contributed by atoms with Crippen molar-refractivity contribution in [2.45, 2.75) is 20.3 Å². The summed E-state index contributed by atoms with van der Waals surface area (Å²) >= 11 is 0. The number of benzene rings is 1. The summed E-state index contributed by atoms with van der Waals surface area (Å²) in [5.74, 6) is 1.45. The number of hydrogen-bond acceptors (Lipinski definition) is 6. The maximum Gasteiger partial charge on any atom is 0.224 e. The molecule has 0 saturated heterocycles. The first-order chi connectivity index (χ1) is 12.4. The first kappa shape index (κ1) is 16.1. The molecule has 0 spiro atoms. The van der Waals surface area contributed by atoms with Crippen molar-refractivity contribution in [3.63, 3.8) is 0 Å². The van der Waals surface area contributed by atoms with Gasteiger partial charge in [0.15, 0.2) is 11.4 Å². The Balaban J connectivity index is 1.81. The van der Waals surface area contributed by atoms with Gasteiger partial charge in [0.2, 0.25) is 11.8 Å². The summed E-state index contributed by atoms with van der Waals surface area (Å²) in [5.41, 5.74) is 14.5. The van der Waals surface area contributed by atoms with Crippen molar-refractivity contribution >= 4 is 17.3 Å². The highest BCUT2D eigenvalue weighted by Gasteiger charge is 2.16. The van der Waals surface area contributed by atoms with Crippen LogP contribution in [0, 0.1) is 19.7 Å². The van der Waals surface area contributed by atoms with Gasteiger partial charge in [-0.1, -0.05) is 6.07 Å².